The van der Waals surface area contributed by atoms with E-state index in [1.165, 1.54) is 0 Å². The van der Waals surface area contributed by atoms with Gasteiger partial charge in [-0.25, -0.2) is 4.98 Å². The molecule has 0 aromatic carbocycles. The van der Waals surface area contributed by atoms with Crippen LogP contribution in [-0.4, -0.2) is 9.55 Å². The first-order valence-electron chi connectivity index (χ1n) is 3.16. The molecule has 0 saturated carbocycles. The van der Waals surface area contributed by atoms with Crippen LogP contribution in [0, 0.1) is 0 Å². The summed E-state index contributed by atoms with van der Waals surface area (Å²) in [6.45, 7) is 5.59. The van der Waals surface area contributed by atoms with Crippen molar-refractivity contribution in [3.05, 3.63) is 30.9 Å². The topological polar surface area (TPSA) is 17.8 Å². The van der Waals surface area contributed by atoms with E-state index in [1.807, 2.05) is 30.0 Å². The van der Waals surface area contributed by atoms with Crippen LogP contribution < -0.4 is 0 Å². The Labute approximate surface area is 60.5 Å². The monoisotopic (exact) mass is 134 g/mol. The zero-order valence-electron chi connectivity index (χ0n) is 5.99. The Morgan fingerprint density at radius 1 is 1.70 bits per heavy atom. The van der Waals surface area contributed by atoms with E-state index >= 15 is 0 Å². The van der Waals surface area contributed by atoms with Gasteiger partial charge in [-0.15, -0.1) is 0 Å². The smallest absolute Gasteiger partial charge is 0.136 e. The van der Waals surface area contributed by atoms with Crippen LogP contribution in [0.25, 0.3) is 12.3 Å². The van der Waals surface area contributed by atoms with Gasteiger partial charge in [0.1, 0.15) is 5.82 Å². The van der Waals surface area contributed by atoms with Crippen molar-refractivity contribution in [1.82, 2.24) is 9.55 Å². The Bertz CT molecular complexity index is 246. The summed E-state index contributed by atoms with van der Waals surface area (Å²) >= 11 is 0. The second-order valence-electron chi connectivity index (χ2n) is 1.88. The van der Waals surface area contributed by atoms with E-state index in [0.717, 1.165) is 5.82 Å². The van der Waals surface area contributed by atoms with E-state index in [-0.39, 0.29) is 0 Å². The second-order valence-corrected chi connectivity index (χ2v) is 1.88. The van der Waals surface area contributed by atoms with Crippen molar-refractivity contribution in [1.29, 1.82) is 0 Å². The zero-order chi connectivity index (χ0) is 7.40. The molecule has 1 rings (SSSR count). The van der Waals surface area contributed by atoms with Gasteiger partial charge in [-0.3, -0.25) is 0 Å². The van der Waals surface area contributed by atoms with E-state index in [9.17, 15) is 0 Å². The van der Waals surface area contributed by atoms with Crippen molar-refractivity contribution in [2.24, 2.45) is 0 Å². The van der Waals surface area contributed by atoms with Gasteiger partial charge >= 0.3 is 0 Å². The van der Waals surface area contributed by atoms with Crippen LogP contribution in [0.1, 0.15) is 12.7 Å². The van der Waals surface area contributed by atoms with Gasteiger partial charge in [0.2, 0.25) is 0 Å². The molecule has 2 nitrogen and oxygen atoms in total. The molecule has 0 N–H and O–H groups in total. The van der Waals surface area contributed by atoms with Gasteiger partial charge in [-0.1, -0.05) is 12.7 Å². The zero-order valence-corrected chi connectivity index (χ0v) is 5.99. The summed E-state index contributed by atoms with van der Waals surface area (Å²) in [5, 5.41) is 0. The number of hydrogen-bond donors (Lipinski definition) is 0. The summed E-state index contributed by atoms with van der Waals surface area (Å²) in [7, 11) is 0. The lowest BCUT2D eigenvalue weighted by molar-refractivity contribution is 1.10. The third-order valence-electron chi connectivity index (χ3n) is 1.19. The van der Waals surface area contributed by atoms with Gasteiger partial charge in [0.15, 0.2) is 0 Å². The molecule has 10 heavy (non-hydrogen) atoms. The molecular weight excluding hydrogens is 124 g/mol. The molecule has 0 amide bonds. The van der Waals surface area contributed by atoms with E-state index in [1.54, 1.807) is 12.3 Å². The van der Waals surface area contributed by atoms with Crippen molar-refractivity contribution in [3.63, 3.8) is 0 Å². The molecule has 1 aromatic heterocycles. The Hall–Kier alpha value is -1.31. The lowest BCUT2D eigenvalue weighted by atomic mass is 10.6. The van der Waals surface area contributed by atoms with Gasteiger partial charge in [-0.05, 0) is 13.0 Å². The molecule has 0 radical (unpaired) electrons. The fourth-order valence-electron chi connectivity index (χ4n) is 0.769. The summed E-state index contributed by atoms with van der Waals surface area (Å²) < 4.78 is 1.91. The highest BCUT2D eigenvalue weighted by Gasteiger charge is 1.90. The lowest BCUT2D eigenvalue weighted by Crippen LogP contribution is -1.86. The Balaban J connectivity index is 3.00. The summed E-state index contributed by atoms with van der Waals surface area (Å²) in [4.78, 5) is 4.05. The maximum Gasteiger partial charge on any atom is 0.136 e. The highest BCUT2D eigenvalue weighted by atomic mass is 15.0. The average Bonchev–Trinajstić information content (AvgIpc) is 2.36. The molecule has 0 aliphatic heterocycles. The first-order chi connectivity index (χ1) is 4.88. The van der Waals surface area contributed by atoms with Crippen molar-refractivity contribution < 1.29 is 0 Å². The van der Waals surface area contributed by atoms with Crippen molar-refractivity contribution in [2.45, 2.75) is 6.92 Å². The van der Waals surface area contributed by atoms with Crippen LogP contribution in [0.2, 0.25) is 0 Å². The molecule has 0 spiro atoms. The number of allylic oxidation sites excluding steroid dienone is 1. The van der Waals surface area contributed by atoms with E-state index in [0.29, 0.717) is 0 Å². The molecule has 0 fully saturated rings. The molecule has 2 heteroatoms. The molecule has 52 valence electrons. The predicted molar refractivity (Wildman–Crippen MR) is 43.3 cm³/mol. The average molecular weight is 134 g/mol. The summed E-state index contributed by atoms with van der Waals surface area (Å²) in [5.74, 6) is 0.873. The normalized spacial score (nSPS) is 10.5. The van der Waals surface area contributed by atoms with Crippen LogP contribution >= 0.6 is 0 Å². The van der Waals surface area contributed by atoms with Crippen molar-refractivity contribution in [2.75, 3.05) is 0 Å². The minimum Gasteiger partial charge on any atom is -0.307 e. The fourth-order valence-corrected chi connectivity index (χ4v) is 0.769. The van der Waals surface area contributed by atoms with Gasteiger partial charge in [-0.2, -0.15) is 0 Å². The fraction of sp³-hybridized carbons (Fsp3) is 0.125. The summed E-state index contributed by atoms with van der Waals surface area (Å²) in [6.07, 6.45) is 9.24. The molecule has 0 bridgehead atoms. The molecule has 1 heterocycles. The predicted octanol–water partition coefficient (Wildman–Crippen LogP) is 2.02. The van der Waals surface area contributed by atoms with Gasteiger partial charge in [0, 0.05) is 18.6 Å². The Morgan fingerprint density at radius 2 is 2.50 bits per heavy atom. The first-order valence-corrected chi connectivity index (χ1v) is 3.16. The SMILES string of the molecule is C=Cc1nccn1/C=C/C. The number of hydrogen-bond acceptors (Lipinski definition) is 1. The molecular formula is C8H10N2. The van der Waals surface area contributed by atoms with E-state index in [4.69, 9.17) is 0 Å². The number of imidazole rings is 1. The standard InChI is InChI=1S/C8H10N2/c1-3-6-10-7-5-9-8(10)4-2/h3-7H,2H2,1H3/b6-3+. The van der Waals surface area contributed by atoms with Gasteiger partial charge in [0.25, 0.3) is 0 Å². The van der Waals surface area contributed by atoms with E-state index in [2.05, 4.69) is 11.6 Å². The molecule has 0 aliphatic rings. The first kappa shape index (κ1) is 6.81. The third-order valence-corrected chi connectivity index (χ3v) is 1.19. The summed E-state index contributed by atoms with van der Waals surface area (Å²) in [6, 6.07) is 0. The van der Waals surface area contributed by atoms with Gasteiger partial charge < -0.3 is 4.57 Å². The third kappa shape index (κ3) is 1.16. The van der Waals surface area contributed by atoms with Gasteiger partial charge in [0.05, 0.1) is 0 Å². The number of rotatable bonds is 2. The van der Waals surface area contributed by atoms with Crippen LogP contribution in [0.4, 0.5) is 0 Å². The lowest BCUT2D eigenvalue weighted by Gasteiger charge is -1.93. The van der Waals surface area contributed by atoms with E-state index < -0.39 is 0 Å². The molecule has 0 saturated heterocycles. The highest BCUT2D eigenvalue weighted by molar-refractivity contribution is 5.42. The highest BCUT2D eigenvalue weighted by Crippen LogP contribution is 1.98. The van der Waals surface area contributed by atoms with Crippen molar-refractivity contribution >= 4 is 12.3 Å². The van der Waals surface area contributed by atoms with Crippen LogP contribution in [0.5, 0.6) is 0 Å². The van der Waals surface area contributed by atoms with Crippen LogP contribution in [0.3, 0.4) is 0 Å². The minimum atomic E-state index is 0.873. The molecule has 1 aromatic rings. The van der Waals surface area contributed by atoms with Crippen LogP contribution in [0.15, 0.2) is 25.0 Å². The summed E-state index contributed by atoms with van der Waals surface area (Å²) in [5.41, 5.74) is 0. The van der Waals surface area contributed by atoms with Crippen LogP contribution in [-0.2, 0) is 0 Å². The molecule has 0 atom stereocenters. The number of aromatic nitrogens is 2. The number of nitrogens with zero attached hydrogens (tertiary/aromatic N) is 2. The molecule has 0 unspecified atom stereocenters. The molecule has 0 aliphatic carbocycles. The minimum absolute atomic E-state index is 0.873. The maximum atomic E-state index is 4.05. The largest absolute Gasteiger partial charge is 0.307 e. The maximum absolute atomic E-state index is 4.05. The Morgan fingerprint density at radius 3 is 3.10 bits per heavy atom. The Kier molecular flexibility index (Phi) is 2.05. The van der Waals surface area contributed by atoms with Crippen molar-refractivity contribution in [3.8, 4) is 0 Å². The second kappa shape index (κ2) is 3.01. The quantitative estimate of drug-likeness (QED) is 0.605.